The van der Waals surface area contributed by atoms with Gasteiger partial charge in [0.2, 0.25) is 0 Å². The van der Waals surface area contributed by atoms with Crippen LogP contribution in [-0.2, 0) is 4.79 Å². The fourth-order valence-corrected chi connectivity index (χ4v) is 0.510. The normalized spacial score (nSPS) is 13.4. The molecule has 0 aliphatic rings. The summed E-state index contributed by atoms with van der Waals surface area (Å²) in [5.74, 6) is 0.0961. The first kappa shape index (κ1) is 7.98. The summed E-state index contributed by atoms with van der Waals surface area (Å²) in [4.78, 5) is 10.4. The fourth-order valence-electron chi connectivity index (χ4n) is 0.361. The van der Waals surface area contributed by atoms with Gasteiger partial charge < -0.3 is 5.73 Å². The van der Waals surface area contributed by atoms with Crippen LogP contribution in [0.1, 0.15) is 13.3 Å². The molecule has 0 aliphatic carbocycles. The minimum atomic E-state index is -0.153. The Kier molecular flexibility index (Phi) is 3.91. The van der Waals surface area contributed by atoms with Gasteiger partial charge in [-0.3, -0.25) is 4.79 Å². The van der Waals surface area contributed by atoms with Crippen LogP contribution in [0.25, 0.3) is 0 Å². The first-order valence-electron chi connectivity index (χ1n) is 2.57. The van der Waals surface area contributed by atoms with Crippen molar-refractivity contribution in [3.8, 4) is 0 Å². The number of ketones is 1. The third-order valence-electron chi connectivity index (χ3n) is 0.909. The van der Waals surface area contributed by atoms with Crippen LogP contribution in [0.4, 0.5) is 0 Å². The van der Waals surface area contributed by atoms with Crippen LogP contribution in [0.15, 0.2) is 0 Å². The monoisotopic (exact) mass is 133 g/mol. The van der Waals surface area contributed by atoms with Crippen molar-refractivity contribution >= 4 is 18.4 Å². The molecule has 0 saturated carbocycles. The van der Waals surface area contributed by atoms with Crippen LogP contribution in [-0.4, -0.2) is 17.6 Å². The predicted molar refractivity (Wildman–Crippen MR) is 37.1 cm³/mol. The predicted octanol–water partition coefficient (Wildman–Crippen LogP) is 0.223. The van der Waals surface area contributed by atoms with Crippen LogP contribution in [0.2, 0.25) is 0 Å². The van der Waals surface area contributed by atoms with Gasteiger partial charge >= 0.3 is 0 Å². The van der Waals surface area contributed by atoms with Crippen molar-refractivity contribution in [2.45, 2.75) is 18.6 Å². The second kappa shape index (κ2) is 3.92. The molecule has 0 spiro atoms. The second-order valence-corrected chi connectivity index (χ2v) is 2.33. The van der Waals surface area contributed by atoms with Crippen LogP contribution >= 0.6 is 12.6 Å². The molecular formula is C5H11NOS. The maximum absolute atomic E-state index is 10.4. The third-order valence-corrected chi connectivity index (χ3v) is 1.53. The van der Waals surface area contributed by atoms with Gasteiger partial charge in [-0.1, -0.05) is 0 Å². The van der Waals surface area contributed by atoms with Gasteiger partial charge in [-0.2, -0.15) is 12.6 Å². The Morgan fingerprint density at radius 1 is 1.88 bits per heavy atom. The molecule has 0 bridgehead atoms. The van der Waals surface area contributed by atoms with Gasteiger partial charge in [0, 0.05) is 0 Å². The molecule has 2 N–H and O–H groups in total. The number of nitrogens with two attached hydrogens (primary N) is 1. The average molecular weight is 133 g/mol. The van der Waals surface area contributed by atoms with E-state index >= 15 is 0 Å². The highest BCUT2D eigenvalue weighted by Crippen LogP contribution is 1.99. The van der Waals surface area contributed by atoms with E-state index in [2.05, 4.69) is 12.6 Å². The Bertz CT molecular complexity index is 84.5. The molecule has 0 radical (unpaired) electrons. The van der Waals surface area contributed by atoms with E-state index in [1.54, 1.807) is 0 Å². The highest BCUT2D eigenvalue weighted by atomic mass is 32.1. The van der Waals surface area contributed by atoms with Crippen LogP contribution in [0.5, 0.6) is 0 Å². The van der Waals surface area contributed by atoms with Crippen molar-refractivity contribution < 1.29 is 4.79 Å². The zero-order valence-corrected chi connectivity index (χ0v) is 5.82. The first-order valence-corrected chi connectivity index (χ1v) is 3.08. The first-order chi connectivity index (χ1) is 3.68. The van der Waals surface area contributed by atoms with Crippen molar-refractivity contribution in [2.75, 3.05) is 6.54 Å². The number of thiol groups is 1. The molecule has 0 aliphatic heterocycles. The molecule has 1 unspecified atom stereocenters. The van der Waals surface area contributed by atoms with Crippen LogP contribution in [0, 0.1) is 0 Å². The molecule has 0 rings (SSSR count). The molecular weight excluding hydrogens is 122 g/mol. The van der Waals surface area contributed by atoms with Crippen LogP contribution in [0.3, 0.4) is 0 Å². The minimum Gasteiger partial charge on any atom is -0.330 e. The highest BCUT2D eigenvalue weighted by Gasteiger charge is 2.04. The van der Waals surface area contributed by atoms with Gasteiger partial charge in [-0.15, -0.1) is 0 Å². The Morgan fingerprint density at radius 3 is 2.50 bits per heavy atom. The summed E-state index contributed by atoms with van der Waals surface area (Å²) >= 11 is 3.98. The molecule has 0 saturated heterocycles. The number of carbonyl (C=O) groups excluding carboxylic acids is 1. The van der Waals surface area contributed by atoms with E-state index < -0.39 is 0 Å². The molecule has 0 amide bonds. The van der Waals surface area contributed by atoms with Crippen molar-refractivity contribution in [1.29, 1.82) is 0 Å². The summed E-state index contributed by atoms with van der Waals surface area (Å²) in [6.45, 7) is 2.06. The van der Waals surface area contributed by atoms with E-state index in [-0.39, 0.29) is 11.0 Å². The third kappa shape index (κ3) is 3.04. The lowest BCUT2D eigenvalue weighted by Crippen LogP contribution is -2.15. The lowest BCUT2D eigenvalue weighted by molar-refractivity contribution is -0.116. The number of hydrogen-bond donors (Lipinski definition) is 2. The summed E-state index contributed by atoms with van der Waals surface area (Å²) in [7, 11) is 0. The van der Waals surface area contributed by atoms with E-state index in [1.165, 1.54) is 6.92 Å². The lowest BCUT2D eigenvalue weighted by Gasteiger charge is -2.01. The van der Waals surface area contributed by atoms with Crippen LogP contribution < -0.4 is 5.73 Å². The van der Waals surface area contributed by atoms with E-state index in [9.17, 15) is 4.79 Å². The van der Waals surface area contributed by atoms with Gasteiger partial charge in [0.05, 0.1) is 5.25 Å². The quantitative estimate of drug-likeness (QED) is 0.541. The van der Waals surface area contributed by atoms with E-state index in [0.29, 0.717) is 13.0 Å². The molecule has 0 fully saturated rings. The Morgan fingerprint density at radius 2 is 2.38 bits per heavy atom. The smallest absolute Gasteiger partial charge is 0.142 e. The fraction of sp³-hybridized carbons (Fsp3) is 0.800. The average Bonchev–Trinajstić information content (AvgIpc) is 1.67. The van der Waals surface area contributed by atoms with Gasteiger partial charge in [-0.05, 0) is 19.9 Å². The minimum absolute atomic E-state index is 0.0961. The maximum Gasteiger partial charge on any atom is 0.142 e. The molecule has 8 heavy (non-hydrogen) atoms. The molecule has 0 aromatic rings. The lowest BCUT2D eigenvalue weighted by atomic mass is 10.2. The van der Waals surface area contributed by atoms with Crippen molar-refractivity contribution in [2.24, 2.45) is 5.73 Å². The summed E-state index contributed by atoms with van der Waals surface area (Å²) in [5.41, 5.74) is 5.17. The zero-order chi connectivity index (χ0) is 6.57. The molecule has 0 heterocycles. The number of rotatable bonds is 3. The van der Waals surface area contributed by atoms with Gasteiger partial charge in [0.25, 0.3) is 0 Å². The van der Waals surface area contributed by atoms with E-state index in [4.69, 9.17) is 5.73 Å². The van der Waals surface area contributed by atoms with Gasteiger partial charge in [0.1, 0.15) is 5.78 Å². The summed E-state index contributed by atoms with van der Waals surface area (Å²) < 4.78 is 0. The SMILES string of the molecule is CC(=O)C(S)CCN. The van der Waals surface area contributed by atoms with E-state index in [0.717, 1.165) is 0 Å². The molecule has 0 aromatic carbocycles. The van der Waals surface area contributed by atoms with Crippen molar-refractivity contribution in [1.82, 2.24) is 0 Å². The molecule has 2 nitrogen and oxygen atoms in total. The Labute approximate surface area is 54.9 Å². The second-order valence-electron chi connectivity index (χ2n) is 1.70. The molecule has 3 heteroatoms. The summed E-state index contributed by atoms with van der Waals surface area (Å²) in [5, 5.41) is -0.153. The Hall–Kier alpha value is -0.0200. The summed E-state index contributed by atoms with van der Waals surface area (Å²) in [6.07, 6.45) is 0.679. The Balaban J connectivity index is 3.32. The number of hydrogen-bond acceptors (Lipinski definition) is 3. The topological polar surface area (TPSA) is 43.1 Å². The standard InChI is InChI=1S/C5H11NOS/c1-4(7)5(8)2-3-6/h5,8H,2-3,6H2,1H3. The van der Waals surface area contributed by atoms with Crippen molar-refractivity contribution in [3.63, 3.8) is 0 Å². The molecule has 48 valence electrons. The maximum atomic E-state index is 10.4. The number of Topliss-reactive ketones (excluding diaryl/α,β-unsaturated/α-hetero) is 1. The highest BCUT2D eigenvalue weighted by molar-refractivity contribution is 7.81. The molecule has 1 atom stereocenters. The van der Waals surface area contributed by atoms with E-state index in [1.807, 2.05) is 0 Å². The zero-order valence-electron chi connectivity index (χ0n) is 4.92. The van der Waals surface area contributed by atoms with Crippen molar-refractivity contribution in [3.05, 3.63) is 0 Å². The summed E-state index contributed by atoms with van der Waals surface area (Å²) in [6, 6.07) is 0. The number of carbonyl (C=O) groups is 1. The molecule has 0 aromatic heterocycles. The van der Waals surface area contributed by atoms with Gasteiger partial charge in [0.15, 0.2) is 0 Å². The largest absolute Gasteiger partial charge is 0.330 e. The van der Waals surface area contributed by atoms with Gasteiger partial charge in [-0.25, -0.2) is 0 Å².